The van der Waals surface area contributed by atoms with E-state index in [1.54, 1.807) is 0 Å². The highest BCUT2D eigenvalue weighted by atomic mass is 28.2. The Hall–Kier alpha value is 0.107. The van der Waals surface area contributed by atoms with Crippen LogP contribution in [-0.2, 0) is 0 Å². The molecule has 3 heteroatoms. The molecule has 0 atom stereocenters. The molecule has 0 unspecified atom stereocenters. The van der Waals surface area contributed by atoms with Crippen LogP contribution in [0.5, 0.6) is 0 Å². The molecule has 0 aromatic carbocycles. The second-order valence-corrected chi connectivity index (χ2v) is 1.24. The van der Waals surface area contributed by atoms with Gasteiger partial charge in [-0.05, 0) is 0 Å². The van der Waals surface area contributed by atoms with Crippen molar-refractivity contribution in [1.82, 2.24) is 0 Å². The van der Waals surface area contributed by atoms with Gasteiger partial charge in [0.15, 0.2) is 9.76 Å². The number of hydrogen-bond donors (Lipinski definition) is 1. The first-order valence-corrected chi connectivity index (χ1v) is 2.72. The van der Waals surface area contributed by atoms with Crippen LogP contribution in [0.4, 0.5) is 4.39 Å². The van der Waals surface area contributed by atoms with E-state index in [0.717, 1.165) is 0 Å². The topological polar surface area (TPSA) is 20.2 Å². The maximum atomic E-state index is 10.5. The van der Waals surface area contributed by atoms with Gasteiger partial charge in [0.2, 0.25) is 0 Å². The van der Waals surface area contributed by atoms with E-state index in [9.17, 15) is 4.39 Å². The van der Waals surface area contributed by atoms with Crippen LogP contribution in [0.2, 0.25) is 0 Å². The molecule has 26 valence electrons. The van der Waals surface area contributed by atoms with E-state index in [4.69, 9.17) is 4.80 Å². The van der Waals surface area contributed by atoms with E-state index in [1.807, 2.05) is 0 Å². The fourth-order valence-electron chi connectivity index (χ4n) is 0. The van der Waals surface area contributed by atoms with Gasteiger partial charge in [0.1, 0.15) is 6.30 Å². The first-order chi connectivity index (χ1) is 1.91. The highest BCUT2D eigenvalue weighted by molar-refractivity contribution is 6.24. The van der Waals surface area contributed by atoms with Crippen LogP contribution in [0.3, 0.4) is 0 Å². The van der Waals surface area contributed by atoms with Crippen LogP contribution in [0.25, 0.3) is 0 Å². The number of hydrogen-bond acceptors (Lipinski definition) is 1. The van der Waals surface area contributed by atoms with Gasteiger partial charge in [-0.25, -0.2) is 0 Å². The van der Waals surface area contributed by atoms with Gasteiger partial charge in [0.05, 0.1) is 0 Å². The second-order valence-electron chi connectivity index (χ2n) is 0.413. The lowest BCUT2D eigenvalue weighted by atomic mass is 11.8. The van der Waals surface area contributed by atoms with E-state index in [2.05, 4.69) is 0 Å². The van der Waals surface area contributed by atoms with Crippen molar-refractivity contribution in [2.45, 2.75) is 0 Å². The highest BCUT2D eigenvalue weighted by Gasteiger charge is 1.65. The van der Waals surface area contributed by atoms with E-state index >= 15 is 0 Å². The van der Waals surface area contributed by atoms with Gasteiger partial charge in [0, 0.05) is 0 Å². The summed E-state index contributed by atoms with van der Waals surface area (Å²) >= 11 is 0. The summed E-state index contributed by atoms with van der Waals surface area (Å²) in [5, 5.41) is 0. The predicted molar refractivity (Wildman–Crippen MR) is 16.7 cm³/mol. The van der Waals surface area contributed by atoms with Crippen LogP contribution in [0.15, 0.2) is 0 Å². The molecule has 0 aliphatic carbocycles. The molecule has 0 heterocycles. The largest absolute Gasteiger partial charge is 0.436 e. The predicted octanol–water partition coefficient (Wildman–Crippen LogP) is -1.01. The van der Waals surface area contributed by atoms with Gasteiger partial charge in [0.25, 0.3) is 0 Å². The van der Waals surface area contributed by atoms with Gasteiger partial charge in [-0.2, -0.15) is 0 Å². The Balaban J connectivity index is 1.97. The van der Waals surface area contributed by atoms with Crippen molar-refractivity contribution < 1.29 is 9.19 Å². The molecular weight excluding hydrogens is 75.1 g/mol. The molecule has 0 amide bonds. The maximum absolute atomic E-state index is 10.5. The van der Waals surface area contributed by atoms with Crippen molar-refractivity contribution in [2.75, 3.05) is 6.30 Å². The minimum Gasteiger partial charge on any atom is -0.436 e. The monoisotopic (exact) mass is 80.0 g/mol. The first-order valence-electron chi connectivity index (χ1n) is 1.08. The standard InChI is InChI=1S/CH5FOSi/c2-1-4-3/h3H,1,4H2. The molecule has 4 heavy (non-hydrogen) atoms. The number of halogens is 1. The zero-order valence-electron chi connectivity index (χ0n) is 2.24. The van der Waals surface area contributed by atoms with Crippen LogP contribution in [0, 0.1) is 0 Å². The molecule has 1 N–H and O–H groups in total. The van der Waals surface area contributed by atoms with Crippen molar-refractivity contribution in [3.05, 3.63) is 0 Å². The molecule has 0 saturated heterocycles. The Morgan fingerprint density at radius 1 is 2.00 bits per heavy atom. The SMILES string of the molecule is O[SiH2]CF. The average Bonchev–Trinajstić information content (AvgIpc) is 1.37. The van der Waals surface area contributed by atoms with Gasteiger partial charge in [-0.3, -0.25) is 4.39 Å². The van der Waals surface area contributed by atoms with Crippen LogP contribution < -0.4 is 0 Å². The maximum Gasteiger partial charge on any atom is 0.188 e. The van der Waals surface area contributed by atoms with E-state index in [1.165, 1.54) is 0 Å². The van der Waals surface area contributed by atoms with E-state index in [0.29, 0.717) is 0 Å². The third kappa shape index (κ3) is 2.11. The minimum absolute atomic E-state index is 0.486. The quantitative estimate of drug-likeness (QED) is 0.400. The lowest BCUT2D eigenvalue weighted by molar-refractivity contribution is 0.522. The molecule has 0 rings (SSSR count). The molecule has 0 radical (unpaired) electrons. The van der Waals surface area contributed by atoms with Crippen LogP contribution in [0.1, 0.15) is 0 Å². The Morgan fingerprint density at radius 2 is 2.25 bits per heavy atom. The molecule has 0 aliphatic rings. The molecule has 0 aliphatic heterocycles. The summed E-state index contributed by atoms with van der Waals surface area (Å²) in [6, 6.07) is 0. The summed E-state index contributed by atoms with van der Waals surface area (Å²) in [4.78, 5) is 7.64. The van der Waals surface area contributed by atoms with Gasteiger partial charge in [-0.15, -0.1) is 0 Å². The summed E-state index contributed by atoms with van der Waals surface area (Å²) < 4.78 is 10.5. The van der Waals surface area contributed by atoms with Gasteiger partial charge in [-0.1, -0.05) is 0 Å². The van der Waals surface area contributed by atoms with E-state index < -0.39 is 16.1 Å². The third-order valence-corrected chi connectivity index (χ3v) is 0.254. The summed E-state index contributed by atoms with van der Waals surface area (Å²) in [5.74, 6) is 0. The van der Waals surface area contributed by atoms with Gasteiger partial charge < -0.3 is 4.80 Å². The Bertz CT molecular complexity index is 10.0. The molecule has 0 fully saturated rings. The third-order valence-electron chi connectivity index (χ3n) is 0.0845. The summed E-state index contributed by atoms with van der Waals surface area (Å²) in [6.45, 7) is 0. The van der Waals surface area contributed by atoms with Crippen molar-refractivity contribution in [3.63, 3.8) is 0 Å². The fraction of sp³-hybridized carbons (Fsp3) is 1.00. The fourth-order valence-corrected chi connectivity index (χ4v) is 0. The zero-order chi connectivity index (χ0) is 3.41. The first kappa shape index (κ1) is 4.11. The summed E-state index contributed by atoms with van der Waals surface area (Å²) in [7, 11) is -1.24. The van der Waals surface area contributed by atoms with Crippen molar-refractivity contribution in [3.8, 4) is 0 Å². The molecule has 0 spiro atoms. The van der Waals surface area contributed by atoms with Crippen molar-refractivity contribution in [1.29, 1.82) is 0 Å². The minimum atomic E-state index is -1.24. The summed E-state index contributed by atoms with van der Waals surface area (Å²) in [5.41, 5.74) is 0. The zero-order valence-corrected chi connectivity index (χ0v) is 3.65. The Labute approximate surface area is 26.4 Å². The molecular formula is CH5FOSi. The van der Waals surface area contributed by atoms with Gasteiger partial charge >= 0.3 is 0 Å². The average molecular weight is 80.1 g/mol. The second kappa shape index (κ2) is 3.11. The lowest BCUT2D eigenvalue weighted by Crippen LogP contribution is -1.85. The smallest absolute Gasteiger partial charge is 0.188 e. The van der Waals surface area contributed by atoms with E-state index in [-0.39, 0.29) is 0 Å². The lowest BCUT2D eigenvalue weighted by Gasteiger charge is -1.63. The number of rotatable bonds is 1. The molecule has 0 saturated carbocycles. The number of alkyl halides is 1. The molecule has 0 bridgehead atoms. The van der Waals surface area contributed by atoms with Crippen LogP contribution >= 0.6 is 0 Å². The normalized spacial score (nSPS) is 10.5. The molecule has 1 nitrogen and oxygen atoms in total. The highest BCUT2D eigenvalue weighted by Crippen LogP contribution is 1.49. The molecule has 0 aromatic rings. The molecule has 0 aromatic heterocycles. The Kier molecular flexibility index (Phi) is 3.19. The van der Waals surface area contributed by atoms with Crippen molar-refractivity contribution >= 4 is 9.76 Å². The Morgan fingerprint density at radius 3 is 2.25 bits per heavy atom. The summed E-state index contributed by atoms with van der Waals surface area (Å²) in [6.07, 6.45) is -0.486. The van der Waals surface area contributed by atoms with Crippen LogP contribution in [-0.4, -0.2) is 20.9 Å². The van der Waals surface area contributed by atoms with Crippen molar-refractivity contribution in [2.24, 2.45) is 0 Å².